The number of aryl methyl sites for hydroxylation is 1. The van der Waals surface area contributed by atoms with Crippen molar-refractivity contribution in [3.8, 4) is 0 Å². The van der Waals surface area contributed by atoms with E-state index in [4.69, 9.17) is 0 Å². The molecule has 1 N–H and O–H groups in total. The summed E-state index contributed by atoms with van der Waals surface area (Å²) in [5.41, 5.74) is 3.48. The Morgan fingerprint density at radius 2 is 2.40 bits per heavy atom. The van der Waals surface area contributed by atoms with Gasteiger partial charge in [-0.05, 0) is 36.8 Å². The second kappa shape index (κ2) is 5.27. The number of carbonyl (C=O) groups excluding carboxylic acids is 1. The third-order valence-electron chi connectivity index (χ3n) is 4.48. The van der Waals surface area contributed by atoms with Crippen LogP contribution in [0.1, 0.15) is 31.0 Å². The zero-order valence-corrected chi connectivity index (χ0v) is 12.1. The maximum atomic E-state index is 11.4. The molecule has 3 rings (SSSR count). The summed E-state index contributed by atoms with van der Waals surface area (Å²) in [5.74, 6) is 1.19. The highest BCUT2D eigenvalue weighted by Crippen LogP contribution is 2.26. The van der Waals surface area contributed by atoms with Crippen LogP contribution in [0.3, 0.4) is 0 Å². The summed E-state index contributed by atoms with van der Waals surface area (Å²) < 4.78 is 2.18. The van der Waals surface area contributed by atoms with Crippen molar-refractivity contribution in [1.82, 2.24) is 14.7 Å². The number of nitrogens with zero attached hydrogens (tertiary/aromatic N) is 2. The minimum absolute atomic E-state index is 0.197. The number of carbonyl (C=O) groups is 1. The Morgan fingerprint density at radius 3 is 3.10 bits per heavy atom. The third kappa shape index (κ3) is 2.30. The molecule has 0 aromatic carbocycles. The van der Waals surface area contributed by atoms with E-state index in [1.165, 1.54) is 11.3 Å². The summed E-state index contributed by atoms with van der Waals surface area (Å²) >= 11 is 0. The molecular weight excluding hydrogens is 250 g/mol. The van der Waals surface area contributed by atoms with E-state index >= 15 is 0 Å². The normalized spacial score (nSPS) is 20.3. The van der Waals surface area contributed by atoms with Gasteiger partial charge in [0.25, 0.3) is 0 Å². The summed E-state index contributed by atoms with van der Waals surface area (Å²) in [6.45, 7) is 5.12. The molecule has 2 aromatic heterocycles. The Bertz CT molecular complexity index is 632. The lowest BCUT2D eigenvalue weighted by molar-refractivity contribution is -0.119. The maximum absolute atomic E-state index is 11.4. The minimum atomic E-state index is 0.197. The van der Waals surface area contributed by atoms with Gasteiger partial charge in [0.1, 0.15) is 5.65 Å². The van der Waals surface area contributed by atoms with Crippen molar-refractivity contribution >= 4 is 11.6 Å². The number of fused-ring (bicyclic) bond motifs is 1. The standard InChI is InChI=1S/C16H21N3O/c1-3-12(13-8-15(20)17-9-13)7-14-10-18-16-11(2)5-4-6-19(14)16/h4-6,10,12-13H,3,7-9H2,1-2H3,(H,17,20). The van der Waals surface area contributed by atoms with Crippen LogP contribution in [-0.4, -0.2) is 21.8 Å². The lowest BCUT2D eigenvalue weighted by Crippen LogP contribution is -2.20. The van der Waals surface area contributed by atoms with Gasteiger partial charge in [0.2, 0.25) is 5.91 Å². The fourth-order valence-corrected chi connectivity index (χ4v) is 3.23. The molecule has 0 bridgehead atoms. The van der Waals surface area contributed by atoms with E-state index in [9.17, 15) is 4.79 Å². The molecule has 2 aromatic rings. The van der Waals surface area contributed by atoms with Gasteiger partial charge in [-0.1, -0.05) is 19.4 Å². The summed E-state index contributed by atoms with van der Waals surface area (Å²) in [6, 6.07) is 4.15. The molecule has 0 saturated carbocycles. The third-order valence-corrected chi connectivity index (χ3v) is 4.48. The first kappa shape index (κ1) is 13.2. The molecule has 0 spiro atoms. The number of amides is 1. The van der Waals surface area contributed by atoms with Crippen molar-refractivity contribution in [2.45, 2.75) is 33.1 Å². The Balaban J connectivity index is 1.84. The average Bonchev–Trinajstić information content (AvgIpc) is 3.04. The van der Waals surface area contributed by atoms with Crippen LogP contribution in [0.25, 0.3) is 5.65 Å². The summed E-state index contributed by atoms with van der Waals surface area (Å²) in [7, 11) is 0. The van der Waals surface area contributed by atoms with E-state index in [1.54, 1.807) is 0 Å². The quantitative estimate of drug-likeness (QED) is 0.928. The van der Waals surface area contributed by atoms with Crippen LogP contribution in [0, 0.1) is 18.8 Å². The van der Waals surface area contributed by atoms with Crippen molar-refractivity contribution in [3.05, 3.63) is 35.8 Å². The number of hydrogen-bond acceptors (Lipinski definition) is 2. The molecule has 2 unspecified atom stereocenters. The first-order valence-corrected chi connectivity index (χ1v) is 7.37. The van der Waals surface area contributed by atoms with Crippen molar-refractivity contribution < 1.29 is 4.79 Å². The second-order valence-electron chi connectivity index (χ2n) is 5.78. The fraction of sp³-hybridized carbons (Fsp3) is 0.500. The maximum Gasteiger partial charge on any atom is 0.220 e. The Hall–Kier alpha value is -1.84. The number of aromatic nitrogens is 2. The molecule has 1 amide bonds. The highest BCUT2D eigenvalue weighted by atomic mass is 16.1. The van der Waals surface area contributed by atoms with Crippen LogP contribution in [0.5, 0.6) is 0 Å². The Kier molecular flexibility index (Phi) is 3.47. The van der Waals surface area contributed by atoms with E-state index in [0.717, 1.165) is 25.0 Å². The molecule has 106 valence electrons. The van der Waals surface area contributed by atoms with Gasteiger partial charge in [0.15, 0.2) is 0 Å². The highest BCUT2D eigenvalue weighted by molar-refractivity contribution is 5.78. The molecule has 1 fully saturated rings. The molecule has 0 aliphatic carbocycles. The van der Waals surface area contributed by atoms with E-state index in [-0.39, 0.29) is 5.91 Å². The van der Waals surface area contributed by atoms with Crippen LogP contribution < -0.4 is 5.32 Å². The first-order valence-electron chi connectivity index (χ1n) is 7.37. The minimum Gasteiger partial charge on any atom is -0.356 e. The zero-order valence-electron chi connectivity index (χ0n) is 12.1. The molecule has 4 nitrogen and oxygen atoms in total. The number of imidazole rings is 1. The molecular formula is C16H21N3O. The first-order chi connectivity index (χ1) is 9.69. The summed E-state index contributed by atoms with van der Waals surface area (Å²) in [4.78, 5) is 15.9. The molecule has 0 radical (unpaired) electrons. The van der Waals surface area contributed by atoms with Crippen molar-refractivity contribution in [3.63, 3.8) is 0 Å². The SMILES string of the molecule is CCC(Cc1cnc2c(C)cccn12)C1CNC(=O)C1. The topological polar surface area (TPSA) is 46.4 Å². The molecule has 1 saturated heterocycles. The lowest BCUT2D eigenvalue weighted by atomic mass is 9.85. The lowest BCUT2D eigenvalue weighted by Gasteiger charge is -2.20. The van der Waals surface area contributed by atoms with Gasteiger partial charge in [-0.25, -0.2) is 4.98 Å². The summed E-state index contributed by atoms with van der Waals surface area (Å²) in [6.07, 6.45) is 6.82. The number of pyridine rings is 1. The predicted molar refractivity (Wildman–Crippen MR) is 78.5 cm³/mol. The molecule has 4 heteroatoms. The van der Waals surface area contributed by atoms with Gasteiger partial charge in [-0.15, -0.1) is 0 Å². The zero-order chi connectivity index (χ0) is 14.1. The molecule has 20 heavy (non-hydrogen) atoms. The van der Waals surface area contributed by atoms with Crippen molar-refractivity contribution in [1.29, 1.82) is 0 Å². The van der Waals surface area contributed by atoms with E-state index in [1.807, 2.05) is 6.20 Å². The van der Waals surface area contributed by atoms with Crippen molar-refractivity contribution in [2.75, 3.05) is 6.54 Å². The Morgan fingerprint density at radius 1 is 1.55 bits per heavy atom. The average molecular weight is 271 g/mol. The summed E-state index contributed by atoms with van der Waals surface area (Å²) in [5, 5.41) is 2.95. The van der Waals surface area contributed by atoms with Crippen LogP contribution in [0.15, 0.2) is 24.5 Å². The number of rotatable bonds is 4. The molecule has 2 atom stereocenters. The van der Waals surface area contributed by atoms with Gasteiger partial charge in [-0.2, -0.15) is 0 Å². The predicted octanol–water partition coefficient (Wildman–Crippen LogP) is 2.35. The van der Waals surface area contributed by atoms with Gasteiger partial charge in [0.05, 0.1) is 0 Å². The van der Waals surface area contributed by atoms with Gasteiger partial charge in [-0.3, -0.25) is 4.79 Å². The van der Waals surface area contributed by atoms with Crippen LogP contribution in [0.4, 0.5) is 0 Å². The second-order valence-corrected chi connectivity index (χ2v) is 5.78. The molecule has 1 aliphatic heterocycles. The van der Waals surface area contributed by atoms with Gasteiger partial charge >= 0.3 is 0 Å². The van der Waals surface area contributed by atoms with Crippen molar-refractivity contribution in [2.24, 2.45) is 11.8 Å². The van der Waals surface area contributed by atoms with Crippen LogP contribution in [0.2, 0.25) is 0 Å². The smallest absolute Gasteiger partial charge is 0.220 e. The fourth-order valence-electron chi connectivity index (χ4n) is 3.23. The number of nitrogens with one attached hydrogen (secondary N) is 1. The van der Waals surface area contributed by atoms with Gasteiger partial charge in [0, 0.05) is 31.1 Å². The molecule has 3 heterocycles. The monoisotopic (exact) mass is 271 g/mol. The molecule has 1 aliphatic rings. The van der Waals surface area contributed by atoms with Gasteiger partial charge < -0.3 is 9.72 Å². The van der Waals surface area contributed by atoms with E-state index < -0.39 is 0 Å². The highest BCUT2D eigenvalue weighted by Gasteiger charge is 2.28. The van der Waals surface area contributed by atoms with Crippen LogP contribution >= 0.6 is 0 Å². The Labute approximate surface area is 119 Å². The number of hydrogen-bond donors (Lipinski definition) is 1. The largest absolute Gasteiger partial charge is 0.356 e. The van der Waals surface area contributed by atoms with E-state index in [2.05, 4.69) is 46.9 Å². The van der Waals surface area contributed by atoms with Crippen LogP contribution in [-0.2, 0) is 11.2 Å². The van der Waals surface area contributed by atoms with E-state index in [0.29, 0.717) is 18.3 Å².